The van der Waals surface area contributed by atoms with Crippen LogP contribution < -0.4 is 9.47 Å². The first kappa shape index (κ1) is 23.2. The maximum atomic E-state index is 15.0. The molecule has 33 heavy (non-hydrogen) atoms. The number of benzene rings is 2. The first-order valence-corrected chi connectivity index (χ1v) is 11.7. The summed E-state index contributed by atoms with van der Waals surface area (Å²) in [6, 6.07) is 8.42. The Morgan fingerprint density at radius 3 is 2.48 bits per heavy atom. The van der Waals surface area contributed by atoms with Crippen LogP contribution in [0.5, 0.6) is 11.5 Å². The number of carbonyl (C=O) groups is 1. The molecule has 0 aromatic heterocycles. The van der Waals surface area contributed by atoms with Crippen molar-refractivity contribution < 1.29 is 23.0 Å². The summed E-state index contributed by atoms with van der Waals surface area (Å²) in [5, 5.41) is 0. The highest BCUT2D eigenvalue weighted by Crippen LogP contribution is 2.48. The largest absolute Gasteiger partial charge is 0.486 e. The van der Waals surface area contributed by atoms with Crippen LogP contribution in [0.2, 0.25) is 0 Å². The molecule has 2 aromatic carbocycles. The second-order valence-electron chi connectivity index (χ2n) is 9.16. The summed E-state index contributed by atoms with van der Waals surface area (Å²) >= 11 is 0. The number of carbonyl (C=O) groups excluding carboxylic acids is 1. The van der Waals surface area contributed by atoms with Crippen LogP contribution in [0.3, 0.4) is 0 Å². The van der Waals surface area contributed by atoms with Crippen molar-refractivity contribution in [3.63, 3.8) is 0 Å². The zero-order chi connectivity index (χ0) is 23.4. The molecule has 0 bridgehead atoms. The van der Waals surface area contributed by atoms with Crippen LogP contribution in [-0.2, 0) is 0 Å². The lowest BCUT2D eigenvalue weighted by atomic mass is 9.64. The van der Waals surface area contributed by atoms with Gasteiger partial charge in [0.1, 0.15) is 18.2 Å². The van der Waals surface area contributed by atoms with E-state index in [1.807, 2.05) is 0 Å². The molecule has 2 aliphatic rings. The first-order valence-electron chi connectivity index (χ1n) is 11.7. The van der Waals surface area contributed by atoms with Crippen molar-refractivity contribution in [2.75, 3.05) is 6.61 Å². The fraction of sp³-hybridized carbons (Fsp3) is 0.393. The van der Waals surface area contributed by atoms with Gasteiger partial charge in [-0.05, 0) is 92.0 Å². The monoisotopic (exact) mass is 452 g/mol. The standard InChI is InChI=1S/C28H30F2O3/c1-3-13-32-27-12-10-23(17-26(27)30)33-28(31)22-9-11-24(25(29)16-22)21-8-7-19-14-18(4-2)5-6-20(19)15-21/h3-4,9-12,16-21H,1-2,5-8,13-15H2. The predicted octanol–water partition coefficient (Wildman–Crippen LogP) is 7.23. The molecular formula is C28H30F2O3. The van der Waals surface area contributed by atoms with E-state index in [1.54, 1.807) is 12.1 Å². The zero-order valence-electron chi connectivity index (χ0n) is 18.8. The average Bonchev–Trinajstić information content (AvgIpc) is 2.82. The lowest BCUT2D eigenvalue weighted by Gasteiger charge is -2.41. The summed E-state index contributed by atoms with van der Waals surface area (Å²) in [6.45, 7) is 7.63. The topological polar surface area (TPSA) is 35.5 Å². The quantitative estimate of drug-likeness (QED) is 0.252. The maximum absolute atomic E-state index is 15.0. The minimum absolute atomic E-state index is 0.0291. The average molecular weight is 453 g/mol. The number of hydrogen-bond acceptors (Lipinski definition) is 3. The Morgan fingerprint density at radius 1 is 0.970 bits per heavy atom. The van der Waals surface area contributed by atoms with E-state index < -0.39 is 11.8 Å². The van der Waals surface area contributed by atoms with E-state index in [2.05, 4.69) is 19.2 Å². The van der Waals surface area contributed by atoms with E-state index in [1.165, 1.54) is 43.5 Å². The normalized spacial score (nSPS) is 24.4. The van der Waals surface area contributed by atoms with Crippen LogP contribution in [-0.4, -0.2) is 12.6 Å². The molecule has 0 heterocycles. The number of allylic oxidation sites excluding steroid dienone is 1. The molecule has 174 valence electrons. The molecule has 0 spiro atoms. The van der Waals surface area contributed by atoms with Crippen LogP contribution in [0, 0.1) is 29.4 Å². The van der Waals surface area contributed by atoms with Gasteiger partial charge in [-0.3, -0.25) is 0 Å². The van der Waals surface area contributed by atoms with Gasteiger partial charge in [-0.25, -0.2) is 13.6 Å². The number of fused-ring (bicyclic) bond motifs is 1. The second-order valence-corrected chi connectivity index (χ2v) is 9.16. The molecule has 2 fully saturated rings. The Kier molecular flexibility index (Phi) is 7.26. The molecule has 0 aliphatic heterocycles. The summed E-state index contributed by atoms with van der Waals surface area (Å²) in [7, 11) is 0. The molecule has 0 N–H and O–H groups in total. The van der Waals surface area contributed by atoms with E-state index in [9.17, 15) is 9.18 Å². The van der Waals surface area contributed by atoms with Crippen molar-refractivity contribution in [1.29, 1.82) is 0 Å². The Hall–Kier alpha value is -2.95. The van der Waals surface area contributed by atoms with Gasteiger partial charge in [0.05, 0.1) is 5.56 Å². The third-order valence-corrected chi connectivity index (χ3v) is 7.13. The van der Waals surface area contributed by atoms with E-state index in [-0.39, 0.29) is 35.4 Å². The van der Waals surface area contributed by atoms with Crippen molar-refractivity contribution in [2.24, 2.45) is 17.8 Å². The Bertz CT molecular complexity index is 1030. The van der Waals surface area contributed by atoms with Gasteiger partial charge < -0.3 is 9.47 Å². The number of esters is 1. The molecule has 4 atom stereocenters. The Labute approximate surface area is 194 Å². The molecule has 0 radical (unpaired) electrons. The predicted molar refractivity (Wildman–Crippen MR) is 125 cm³/mol. The van der Waals surface area contributed by atoms with Crippen molar-refractivity contribution in [3.05, 3.63) is 84.5 Å². The number of halogens is 2. The molecule has 0 saturated heterocycles. The van der Waals surface area contributed by atoms with Crippen LogP contribution in [0.1, 0.15) is 60.4 Å². The maximum Gasteiger partial charge on any atom is 0.343 e. The first-order chi connectivity index (χ1) is 16.0. The minimum Gasteiger partial charge on any atom is -0.486 e. The Morgan fingerprint density at radius 2 is 1.76 bits per heavy atom. The number of hydrogen-bond donors (Lipinski definition) is 0. The lowest BCUT2D eigenvalue weighted by molar-refractivity contribution is 0.0733. The third-order valence-electron chi connectivity index (χ3n) is 7.13. The summed E-state index contributed by atoms with van der Waals surface area (Å²) < 4.78 is 39.5. The van der Waals surface area contributed by atoms with Gasteiger partial charge in [-0.15, -0.1) is 6.58 Å². The van der Waals surface area contributed by atoms with Crippen molar-refractivity contribution >= 4 is 5.97 Å². The van der Waals surface area contributed by atoms with Gasteiger partial charge in [0.2, 0.25) is 0 Å². The molecule has 5 heteroatoms. The molecule has 2 aromatic rings. The highest BCUT2D eigenvalue weighted by molar-refractivity contribution is 5.91. The smallest absolute Gasteiger partial charge is 0.343 e. The summed E-state index contributed by atoms with van der Waals surface area (Å²) in [5.74, 6) is 0.447. The van der Waals surface area contributed by atoms with Crippen LogP contribution in [0.4, 0.5) is 8.78 Å². The zero-order valence-corrected chi connectivity index (χ0v) is 18.8. The lowest BCUT2D eigenvalue weighted by Crippen LogP contribution is -2.30. The number of ether oxygens (including phenoxy) is 2. The summed E-state index contributed by atoms with van der Waals surface area (Å²) in [5.41, 5.74) is 0.773. The van der Waals surface area contributed by atoms with Gasteiger partial charge in [0.15, 0.2) is 11.6 Å². The van der Waals surface area contributed by atoms with Crippen molar-refractivity contribution in [1.82, 2.24) is 0 Å². The van der Waals surface area contributed by atoms with Gasteiger partial charge in [-0.1, -0.05) is 24.8 Å². The van der Waals surface area contributed by atoms with Gasteiger partial charge in [0.25, 0.3) is 0 Å². The molecule has 2 saturated carbocycles. The molecule has 0 amide bonds. The Balaban J connectivity index is 1.40. The van der Waals surface area contributed by atoms with Gasteiger partial charge in [-0.2, -0.15) is 0 Å². The van der Waals surface area contributed by atoms with E-state index in [0.717, 1.165) is 25.3 Å². The molecule has 2 aliphatic carbocycles. The van der Waals surface area contributed by atoms with Crippen molar-refractivity contribution in [2.45, 2.75) is 44.4 Å². The molecule has 4 rings (SSSR count). The molecule has 3 nitrogen and oxygen atoms in total. The SMILES string of the molecule is C=CCOc1ccc(OC(=O)c2ccc(C3CCC4CC(C=C)CCC4C3)c(F)c2)cc1F. The highest BCUT2D eigenvalue weighted by atomic mass is 19.1. The summed E-state index contributed by atoms with van der Waals surface area (Å²) in [4.78, 5) is 12.5. The van der Waals surface area contributed by atoms with Crippen LogP contribution in [0.25, 0.3) is 0 Å². The third kappa shape index (κ3) is 5.35. The summed E-state index contributed by atoms with van der Waals surface area (Å²) in [6.07, 6.45) is 10.2. The molecular weight excluding hydrogens is 422 g/mol. The van der Waals surface area contributed by atoms with Crippen molar-refractivity contribution in [3.8, 4) is 11.5 Å². The second kappa shape index (κ2) is 10.3. The van der Waals surface area contributed by atoms with Crippen LogP contribution >= 0.6 is 0 Å². The van der Waals surface area contributed by atoms with E-state index in [0.29, 0.717) is 23.3 Å². The fourth-order valence-electron chi connectivity index (χ4n) is 5.38. The highest BCUT2D eigenvalue weighted by Gasteiger charge is 2.36. The fourth-order valence-corrected chi connectivity index (χ4v) is 5.38. The minimum atomic E-state index is -0.730. The van der Waals surface area contributed by atoms with Crippen LogP contribution in [0.15, 0.2) is 61.7 Å². The van der Waals surface area contributed by atoms with Gasteiger partial charge >= 0.3 is 5.97 Å². The van der Waals surface area contributed by atoms with Gasteiger partial charge in [0, 0.05) is 6.07 Å². The number of rotatable bonds is 7. The molecule has 4 unspecified atom stereocenters. The van der Waals surface area contributed by atoms with E-state index >= 15 is 4.39 Å². The van der Waals surface area contributed by atoms with E-state index in [4.69, 9.17) is 9.47 Å².